The highest BCUT2D eigenvalue weighted by Gasteiger charge is 2.37. The molecular formula is C76H83N8O7P. The van der Waals surface area contributed by atoms with Crippen LogP contribution in [0.3, 0.4) is 0 Å². The first kappa shape index (κ1) is 68.1. The van der Waals surface area contributed by atoms with Crippen molar-refractivity contribution in [1.29, 1.82) is 0 Å². The first-order chi connectivity index (χ1) is 44.5. The average molecular weight is 1250 g/mol. The lowest BCUT2D eigenvalue weighted by atomic mass is 10.0. The first-order valence-corrected chi connectivity index (χ1v) is 32.7. The van der Waals surface area contributed by atoms with Crippen LogP contribution < -0.4 is 21.7 Å². The number of carbonyl (C=O) groups is 7. The molecule has 5 atom stereocenters. The molecule has 0 radical (unpaired) electrons. The number of carbonyl (C=O) groups excluding carboxylic acids is 7. The van der Waals surface area contributed by atoms with E-state index >= 15 is 19.2 Å². The maximum absolute atomic E-state index is 15.7. The van der Waals surface area contributed by atoms with Gasteiger partial charge in [-0.05, 0) is 92.7 Å². The SMILES string of the molecule is C=C(c1ccccc1)N(CC(=O)N(CC(=O)N(CC(=O)N(CC(=O)N(CC(=O)N(CC(N)=O)[C@@H](C)c1ccccc1)[C@@H](C)c1ccccc1)[C@@H](C)c1ccccc1)[C@@H](C)c1ccccc1)[C@@H](C)c1ccccc1)C(=O)CNCCP(c1ccccc1)c1ccccc1. The molecule has 0 aliphatic carbocycles. The fourth-order valence-electron chi connectivity index (χ4n) is 11.3. The Morgan fingerprint density at radius 3 is 0.891 bits per heavy atom. The van der Waals surface area contributed by atoms with Gasteiger partial charge in [0.1, 0.15) is 32.7 Å². The monoisotopic (exact) mass is 1250 g/mol. The molecule has 8 aromatic carbocycles. The molecule has 7 amide bonds. The summed E-state index contributed by atoms with van der Waals surface area (Å²) in [6.45, 7) is 10.9. The van der Waals surface area contributed by atoms with Crippen molar-refractivity contribution in [3.63, 3.8) is 0 Å². The Hall–Kier alpha value is -9.82. The van der Waals surface area contributed by atoms with Crippen LogP contribution >= 0.6 is 7.92 Å². The standard InChI is InChI=1S/C76H83N8O7P/c1-56(62-31-15-7-16-32-62)79(50-70(77)85)72(87)52-81(58(3)64-35-19-9-20-36-64)74(89)54-83(60(5)66-39-23-11-24-40-66)76(91)55-84(61(6)67-41-25-12-26-42-67)75(90)53-82(59(4)65-37-21-10-22-38-65)73(88)51-80(57(2)63-33-17-8-18-34-63)71(86)49-78-47-48-92(68-43-27-13-28-44-68)69-45-29-14-30-46-69/h7-46,56,58-61,78H,2,47-55H2,1,3-6H3,(H2,77,85)/t56-,58-,59-,60-,61-/m0/s1. The topological polar surface area (TPSA) is 177 Å². The van der Waals surface area contributed by atoms with Crippen LogP contribution in [0.5, 0.6) is 0 Å². The third-order valence-electron chi connectivity index (χ3n) is 16.8. The second kappa shape index (κ2) is 33.8. The second-order valence-corrected chi connectivity index (χ2v) is 25.1. The van der Waals surface area contributed by atoms with Crippen molar-refractivity contribution in [2.45, 2.75) is 64.8 Å². The maximum Gasteiger partial charge on any atom is 0.243 e. The van der Waals surface area contributed by atoms with Gasteiger partial charge in [-0.25, -0.2) is 0 Å². The molecule has 0 unspecified atom stereocenters. The van der Waals surface area contributed by atoms with Gasteiger partial charge in [0, 0.05) is 12.2 Å². The zero-order valence-corrected chi connectivity index (χ0v) is 54.0. The smallest absolute Gasteiger partial charge is 0.243 e. The fraction of sp³-hybridized carbons (Fsp3) is 0.250. The van der Waals surface area contributed by atoms with E-state index in [2.05, 4.69) is 36.2 Å². The van der Waals surface area contributed by atoms with E-state index < -0.39 is 119 Å². The van der Waals surface area contributed by atoms with Crippen LogP contribution in [0, 0.1) is 0 Å². The molecule has 0 spiro atoms. The van der Waals surface area contributed by atoms with Crippen LogP contribution in [0.2, 0.25) is 0 Å². The normalized spacial score (nSPS) is 12.7. The summed E-state index contributed by atoms with van der Waals surface area (Å²) in [5, 5.41) is 5.81. The predicted octanol–water partition coefficient (Wildman–Crippen LogP) is 10.6. The average Bonchev–Trinajstić information content (AvgIpc) is 1.49. The van der Waals surface area contributed by atoms with E-state index in [-0.39, 0.29) is 6.54 Å². The van der Waals surface area contributed by atoms with Gasteiger partial charge >= 0.3 is 0 Å². The molecule has 0 heterocycles. The Morgan fingerprint density at radius 1 is 0.359 bits per heavy atom. The molecule has 0 saturated carbocycles. The van der Waals surface area contributed by atoms with Crippen molar-refractivity contribution in [1.82, 2.24) is 34.7 Å². The molecule has 0 aliphatic rings. The summed E-state index contributed by atoms with van der Waals surface area (Å²) in [6.07, 6.45) is 0.750. The summed E-state index contributed by atoms with van der Waals surface area (Å²) in [6, 6.07) is 72.5. The first-order valence-electron chi connectivity index (χ1n) is 31.1. The molecule has 0 bridgehead atoms. The number of hydrogen-bond acceptors (Lipinski definition) is 8. The van der Waals surface area contributed by atoms with Crippen molar-refractivity contribution in [2.24, 2.45) is 5.73 Å². The number of primary amides is 1. The summed E-state index contributed by atoms with van der Waals surface area (Å²) < 4.78 is 0. The van der Waals surface area contributed by atoms with Crippen LogP contribution in [0.1, 0.15) is 98.2 Å². The molecule has 8 aromatic rings. The maximum atomic E-state index is 15.7. The van der Waals surface area contributed by atoms with Gasteiger partial charge in [0.2, 0.25) is 41.4 Å². The van der Waals surface area contributed by atoms with Gasteiger partial charge in [-0.2, -0.15) is 0 Å². The highest BCUT2D eigenvalue weighted by Crippen LogP contribution is 2.33. The molecule has 0 fully saturated rings. The van der Waals surface area contributed by atoms with Crippen LogP contribution in [0.15, 0.2) is 249 Å². The third kappa shape index (κ3) is 18.4. The van der Waals surface area contributed by atoms with Crippen molar-refractivity contribution in [3.05, 3.63) is 283 Å². The number of benzene rings is 8. The third-order valence-corrected chi connectivity index (χ3v) is 19.4. The minimum atomic E-state index is -0.756. The highest BCUT2D eigenvalue weighted by molar-refractivity contribution is 7.73. The van der Waals surface area contributed by atoms with Gasteiger partial charge in [0.15, 0.2) is 0 Å². The molecule has 3 N–H and O–H groups in total. The van der Waals surface area contributed by atoms with Gasteiger partial charge < -0.3 is 40.4 Å². The van der Waals surface area contributed by atoms with Crippen molar-refractivity contribution >= 4 is 65.6 Å². The lowest BCUT2D eigenvalue weighted by Gasteiger charge is -2.38. The summed E-state index contributed by atoms with van der Waals surface area (Å²) in [7, 11) is -0.756. The van der Waals surface area contributed by atoms with Crippen LogP contribution in [0.25, 0.3) is 5.70 Å². The largest absolute Gasteiger partial charge is 0.368 e. The van der Waals surface area contributed by atoms with Gasteiger partial charge in [-0.3, -0.25) is 33.6 Å². The number of nitrogens with one attached hydrogen (secondary N) is 1. The predicted molar refractivity (Wildman–Crippen MR) is 366 cm³/mol. The molecule has 92 heavy (non-hydrogen) atoms. The quantitative estimate of drug-likeness (QED) is 0.0319. The molecule has 15 nitrogen and oxygen atoms in total. The van der Waals surface area contributed by atoms with E-state index in [9.17, 15) is 14.4 Å². The summed E-state index contributed by atoms with van der Waals surface area (Å²) in [4.78, 5) is 113. The number of rotatable bonds is 31. The van der Waals surface area contributed by atoms with E-state index in [1.807, 2.05) is 232 Å². The van der Waals surface area contributed by atoms with E-state index in [4.69, 9.17) is 5.73 Å². The van der Waals surface area contributed by atoms with Gasteiger partial charge in [-0.15, -0.1) is 0 Å². The molecular weight excluding hydrogens is 1170 g/mol. The zero-order chi connectivity index (χ0) is 65.5. The van der Waals surface area contributed by atoms with Gasteiger partial charge in [-0.1, -0.05) is 249 Å². The molecule has 8 rings (SSSR count). The van der Waals surface area contributed by atoms with E-state index in [1.165, 1.54) is 40.0 Å². The van der Waals surface area contributed by atoms with Crippen LogP contribution in [0.4, 0.5) is 0 Å². The zero-order valence-electron chi connectivity index (χ0n) is 53.1. The molecule has 0 saturated heterocycles. The molecule has 0 aromatic heterocycles. The lowest BCUT2D eigenvalue weighted by molar-refractivity contribution is -0.151. The number of nitrogens with two attached hydrogens (primary N) is 1. The fourth-order valence-corrected chi connectivity index (χ4v) is 13.6. The lowest BCUT2D eigenvalue weighted by Crippen LogP contribution is -2.53. The Kier molecular flexibility index (Phi) is 25.1. The van der Waals surface area contributed by atoms with Gasteiger partial charge in [0.25, 0.3) is 0 Å². The van der Waals surface area contributed by atoms with E-state index in [0.29, 0.717) is 28.9 Å². The number of nitrogens with zero attached hydrogens (tertiary/aromatic N) is 6. The van der Waals surface area contributed by atoms with Crippen LogP contribution in [-0.2, 0) is 33.6 Å². The Morgan fingerprint density at radius 2 is 0.609 bits per heavy atom. The van der Waals surface area contributed by atoms with E-state index in [1.54, 1.807) is 20.8 Å². The Balaban J connectivity index is 1.10. The molecule has 0 aliphatic heterocycles. The highest BCUT2D eigenvalue weighted by atomic mass is 31.1. The minimum Gasteiger partial charge on any atom is -0.368 e. The summed E-state index contributed by atoms with van der Waals surface area (Å²) >= 11 is 0. The second-order valence-electron chi connectivity index (χ2n) is 22.8. The summed E-state index contributed by atoms with van der Waals surface area (Å²) in [5.74, 6) is -3.95. The minimum absolute atomic E-state index is 0.107. The van der Waals surface area contributed by atoms with Crippen molar-refractivity contribution in [2.75, 3.05) is 58.5 Å². The number of hydrogen-bond donors (Lipinski definition) is 2. The van der Waals surface area contributed by atoms with Gasteiger partial charge in [0.05, 0.1) is 43.3 Å². The van der Waals surface area contributed by atoms with Crippen molar-refractivity contribution in [3.8, 4) is 0 Å². The summed E-state index contributed by atoms with van der Waals surface area (Å²) in [5.41, 5.74) is 10.3. The van der Waals surface area contributed by atoms with Crippen LogP contribution in [-0.4, -0.2) is 129 Å². The van der Waals surface area contributed by atoms with E-state index in [0.717, 1.165) is 22.9 Å². The number of amides is 7. The Labute approximate surface area is 542 Å². The van der Waals surface area contributed by atoms with Crippen molar-refractivity contribution < 1.29 is 33.6 Å². The molecule has 474 valence electrons. The molecule has 16 heteroatoms. The Bertz CT molecular complexity index is 3650.